The number of nitrogens with zero attached hydrogens (tertiary/aromatic N) is 1. The van der Waals surface area contributed by atoms with E-state index in [1.807, 2.05) is 18.2 Å². The van der Waals surface area contributed by atoms with Crippen LogP contribution < -0.4 is 0 Å². The van der Waals surface area contributed by atoms with E-state index >= 15 is 0 Å². The number of para-hydroxylation sites is 1. The predicted octanol–water partition coefficient (Wildman–Crippen LogP) is 1.94. The first-order valence-electron chi connectivity index (χ1n) is 3.40. The Morgan fingerprint density at radius 3 is 2.58 bits per heavy atom. The Bertz CT molecular complexity index is 384. The molecule has 0 bridgehead atoms. The molecular formula is C9H7NOTi. The van der Waals surface area contributed by atoms with Crippen molar-refractivity contribution in [1.29, 1.82) is 0 Å². The van der Waals surface area contributed by atoms with Crippen LogP contribution in [0.1, 0.15) is 0 Å². The number of rotatable bonds is 0. The van der Waals surface area contributed by atoms with Gasteiger partial charge in [-0.05, 0) is 12.1 Å². The first-order valence-corrected chi connectivity index (χ1v) is 3.40. The average Bonchev–Trinajstić information content (AvgIpc) is 2.06. The maximum absolute atomic E-state index is 9.31. The van der Waals surface area contributed by atoms with Crippen LogP contribution >= 0.6 is 0 Å². The van der Waals surface area contributed by atoms with Crippen molar-refractivity contribution in [3.05, 3.63) is 36.5 Å². The summed E-state index contributed by atoms with van der Waals surface area (Å²) in [4.78, 5) is 4.03. The number of fused-ring (bicyclic) bond motifs is 1. The quantitative estimate of drug-likeness (QED) is 0.648. The third kappa shape index (κ3) is 1.49. The summed E-state index contributed by atoms with van der Waals surface area (Å²) in [5.74, 6) is 0.239. The second-order valence-electron chi connectivity index (χ2n) is 2.35. The van der Waals surface area contributed by atoms with Gasteiger partial charge in [0.25, 0.3) is 0 Å². The van der Waals surface area contributed by atoms with Crippen LogP contribution in [0.5, 0.6) is 5.75 Å². The number of aromatic hydroxyl groups is 1. The van der Waals surface area contributed by atoms with E-state index in [0.29, 0.717) is 5.52 Å². The van der Waals surface area contributed by atoms with Gasteiger partial charge in [0.1, 0.15) is 11.3 Å². The van der Waals surface area contributed by atoms with Crippen LogP contribution in [0.25, 0.3) is 10.9 Å². The Kier molecular flexibility index (Phi) is 2.85. The largest absolute Gasteiger partial charge is 0.506 e. The molecule has 1 heterocycles. The van der Waals surface area contributed by atoms with Crippen molar-refractivity contribution >= 4 is 10.9 Å². The van der Waals surface area contributed by atoms with Crippen LogP contribution in [0, 0.1) is 0 Å². The number of hydrogen-bond donors (Lipinski definition) is 1. The molecule has 1 aromatic heterocycles. The van der Waals surface area contributed by atoms with Gasteiger partial charge in [-0.1, -0.05) is 18.2 Å². The molecule has 2 nitrogen and oxygen atoms in total. The minimum absolute atomic E-state index is 0. The van der Waals surface area contributed by atoms with Crippen LogP contribution in [0.2, 0.25) is 0 Å². The average molecular weight is 193 g/mol. The Hall–Kier alpha value is -0.856. The number of phenolic OH excluding ortho intramolecular Hbond substituents is 1. The molecule has 0 saturated carbocycles. The number of pyridine rings is 1. The third-order valence-corrected chi connectivity index (χ3v) is 1.61. The molecule has 0 saturated heterocycles. The molecule has 3 heteroatoms. The third-order valence-electron chi connectivity index (χ3n) is 1.61. The van der Waals surface area contributed by atoms with Gasteiger partial charge in [-0.25, -0.2) is 0 Å². The smallest absolute Gasteiger partial charge is 0.141 e. The summed E-state index contributed by atoms with van der Waals surface area (Å²) in [7, 11) is 0. The molecule has 0 unspecified atom stereocenters. The molecule has 2 aromatic rings. The van der Waals surface area contributed by atoms with Crippen molar-refractivity contribution in [2.24, 2.45) is 0 Å². The molecule has 2 rings (SSSR count). The summed E-state index contributed by atoms with van der Waals surface area (Å²) in [6.45, 7) is 0. The van der Waals surface area contributed by atoms with E-state index in [2.05, 4.69) is 4.98 Å². The predicted molar refractivity (Wildman–Crippen MR) is 43.4 cm³/mol. The molecule has 0 atom stereocenters. The van der Waals surface area contributed by atoms with Crippen molar-refractivity contribution in [2.75, 3.05) is 0 Å². The van der Waals surface area contributed by atoms with E-state index in [0.717, 1.165) is 5.39 Å². The second kappa shape index (κ2) is 3.70. The number of phenols is 1. The zero-order valence-electron chi connectivity index (χ0n) is 6.36. The van der Waals surface area contributed by atoms with Crippen molar-refractivity contribution in [3.8, 4) is 5.75 Å². The first kappa shape index (κ1) is 9.23. The zero-order chi connectivity index (χ0) is 7.68. The Labute approximate surface area is 85.1 Å². The minimum Gasteiger partial charge on any atom is -0.506 e. The molecule has 1 aromatic carbocycles. The summed E-state index contributed by atoms with van der Waals surface area (Å²) in [5.41, 5.74) is 0.662. The van der Waals surface area contributed by atoms with Crippen molar-refractivity contribution < 1.29 is 26.8 Å². The van der Waals surface area contributed by atoms with Gasteiger partial charge in [0, 0.05) is 33.3 Å². The van der Waals surface area contributed by atoms with Crippen LogP contribution in [-0.4, -0.2) is 10.1 Å². The van der Waals surface area contributed by atoms with Crippen LogP contribution in [0.3, 0.4) is 0 Å². The van der Waals surface area contributed by atoms with Crippen LogP contribution in [0.15, 0.2) is 36.5 Å². The zero-order valence-corrected chi connectivity index (χ0v) is 7.92. The van der Waals surface area contributed by atoms with Gasteiger partial charge in [-0.15, -0.1) is 0 Å². The van der Waals surface area contributed by atoms with Gasteiger partial charge in [0.05, 0.1) is 0 Å². The Balaban J connectivity index is 0.000000720. The normalized spacial score (nSPS) is 9.33. The van der Waals surface area contributed by atoms with E-state index < -0.39 is 0 Å². The fourth-order valence-electron chi connectivity index (χ4n) is 1.09. The number of benzene rings is 1. The molecule has 0 aliphatic heterocycles. The summed E-state index contributed by atoms with van der Waals surface area (Å²) in [6.07, 6.45) is 1.67. The molecule has 0 spiro atoms. The van der Waals surface area contributed by atoms with E-state index in [4.69, 9.17) is 0 Å². The van der Waals surface area contributed by atoms with E-state index in [1.165, 1.54) is 0 Å². The van der Waals surface area contributed by atoms with Gasteiger partial charge in [-0.3, -0.25) is 4.98 Å². The van der Waals surface area contributed by atoms with Gasteiger partial charge in [-0.2, -0.15) is 0 Å². The standard InChI is InChI=1S/C9H7NO.Ti/c11-8-5-1-3-7-4-2-6-10-9(7)8;/h1-6,11H;. The van der Waals surface area contributed by atoms with Gasteiger partial charge >= 0.3 is 0 Å². The van der Waals surface area contributed by atoms with Crippen LogP contribution in [-0.2, 0) is 21.7 Å². The molecule has 0 radical (unpaired) electrons. The van der Waals surface area contributed by atoms with E-state index in [9.17, 15) is 5.11 Å². The van der Waals surface area contributed by atoms with E-state index in [1.54, 1.807) is 18.3 Å². The van der Waals surface area contributed by atoms with Crippen molar-refractivity contribution in [2.45, 2.75) is 0 Å². The summed E-state index contributed by atoms with van der Waals surface area (Å²) < 4.78 is 0. The number of aromatic nitrogens is 1. The maximum Gasteiger partial charge on any atom is 0.141 e. The fraction of sp³-hybridized carbons (Fsp3) is 0. The molecule has 0 amide bonds. The summed E-state index contributed by atoms with van der Waals surface area (Å²) >= 11 is 0. The minimum atomic E-state index is 0. The summed E-state index contributed by atoms with van der Waals surface area (Å²) in [5, 5.41) is 10.3. The SMILES string of the molecule is Oc1cccc2cccnc12.[Ti]. The maximum atomic E-state index is 9.31. The molecule has 0 aliphatic rings. The monoisotopic (exact) mass is 193 g/mol. The molecule has 0 fully saturated rings. The topological polar surface area (TPSA) is 33.1 Å². The fourth-order valence-corrected chi connectivity index (χ4v) is 1.09. The Morgan fingerprint density at radius 1 is 1.08 bits per heavy atom. The van der Waals surface area contributed by atoms with Gasteiger partial charge in [0.15, 0.2) is 0 Å². The first-order chi connectivity index (χ1) is 5.38. The summed E-state index contributed by atoms with van der Waals surface area (Å²) in [6, 6.07) is 9.13. The molecule has 12 heavy (non-hydrogen) atoms. The van der Waals surface area contributed by atoms with Crippen LogP contribution in [0.4, 0.5) is 0 Å². The number of hydrogen-bond acceptors (Lipinski definition) is 2. The molecule has 0 aliphatic carbocycles. The van der Waals surface area contributed by atoms with Gasteiger partial charge < -0.3 is 5.11 Å². The van der Waals surface area contributed by atoms with Crippen molar-refractivity contribution in [1.82, 2.24) is 4.98 Å². The second-order valence-corrected chi connectivity index (χ2v) is 2.35. The van der Waals surface area contributed by atoms with Crippen molar-refractivity contribution in [3.63, 3.8) is 0 Å². The van der Waals surface area contributed by atoms with Gasteiger partial charge in [0.2, 0.25) is 0 Å². The molecule has 1 N–H and O–H groups in total. The van der Waals surface area contributed by atoms with E-state index in [-0.39, 0.29) is 27.5 Å². The molecule has 58 valence electrons. The molecular weight excluding hydrogens is 186 g/mol. The Morgan fingerprint density at radius 2 is 1.83 bits per heavy atom.